The maximum absolute atomic E-state index is 12.1. The number of rotatable bonds is 6. The van der Waals surface area contributed by atoms with Crippen molar-refractivity contribution in [2.75, 3.05) is 26.0 Å². The SMILES string of the molecule is COCCC1(CNC(=O)c2ccc(C)cc2N)CC1. The van der Waals surface area contributed by atoms with Crippen molar-refractivity contribution in [1.82, 2.24) is 5.32 Å². The summed E-state index contributed by atoms with van der Waals surface area (Å²) in [6.07, 6.45) is 3.34. The lowest BCUT2D eigenvalue weighted by Crippen LogP contribution is -2.31. The standard InChI is InChI=1S/C15H22N2O2/c1-11-3-4-12(13(16)9-11)14(18)17-10-15(5-6-15)7-8-19-2/h3-4,9H,5-8,10,16H2,1-2H3,(H,17,18). The predicted molar refractivity (Wildman–Crippen MR) is 76.1 cm³/mol. The molecule has 0 aromatic heterocycles. The highest BCUT2D eigenvalue weighted by molar-refractivity contribution is 5.99. The Bertz CT molecular complexity index is 467. The second-order valence-corrected chi connectivity index (χ2v) is 5.52. The Labute approximate surface area is 114 Å². The number of nitrogen functional groups attached to an aromatic ring is 1. The van der Waals surface area contributed by atoms with E-state index in [0.29, 0.717) is 17.8 Å². The van der Waals surface area contributed by atoms with Gasteiger partial charge in [0.25, 0.3) is 5.91 Å². The maximum Gasteiger partial charge on any atom is 0.253 e. The number of carbonyl (C=O) groups is 1. The third kappa shape index (κ3) is 3.47. The highest BCUT2D eigenvalue weighted by Crippen LogP contribution is 2.48. The van der Waals surface area contributed by atoms with Gasteiger partial charge in [-0.3, -0.25) is 4.79 Å². The molecule has 19 heavy (non-hydrogen) atoms. The first-order valence-corrected chi connectivity index (χ1v) is 6.70. The average molecular weight is 262 g/mol. The van der Waals surface area contributed by atoms with Gasteiger partial charge in [0, 0.05) is 25.9 Å². The molecule has 4 heteroatoms. The number of benzene rings is 1. The van der Waals surface area contributed by atoms with Gasteiger partial charge in [-0.2, -0.15) is 0 Å². The molecule has 2 rings (SSSR count). The van der Waals surface area contributed by atoms with Crippen LogP contribution in [0.1, 0.15) is 35.2 Å². The molecule has 1 aromatic carbocycles. The van der Waals surface area contributed by atoms with Crippen molar-refractivity contribution in [3.63, 3.8) is 0 Å². The second-order valence-electron chi connectivity index (χ2n) is 5.52. The summed E-state index contributed by atoms with van der Waals surface area (Å²) in [4.78, 5) is 12.1. The average Bonchev–Trinajstić information content (AvgIpc) is 3.14. The fraction of sp³-hybridized carbons (Fsp3) is 0.533. The van der Waals surface area contributed by atoms with E-state index in [1.54, 1.807) is 13.2 Å². The lowest BCUT2D eigenvalue weighted by atomic mass is 10.0. The number of carbonyl (C=O) groups excluding carboxylic acids is 1. The number of nitrogens with two attached hydrogens (primary N) is 1. The van der Waals surface area contributed by atoms with Crippen LogP contribution < -0.4 is 11.1 Å². The number of anilines is 1. The molecule has 1 aromatic rings. The Morgan fingerprint density at radius 2 is 2.21 bits per heavy atom. The first kappa shape index (κ1) is 13.9. The molecule has 104 valence electrons. The molecular formula is C15H22N2O2. The summed E-state index contributed by atoms with van der Waals surface area (Å²) in [6.45, 7) is 3.42. The first-order chi connectivity index (χ1) is 9.06. The predicted octanol–water partition coefficient (Wildman–Crippen LogP) is 2.12. The van der Waals surface area contributed by atoms with Gasteiger partial charge in [-0.25, -0.2) is 0 Å². The number of methoxy groups -OCH3 is 1. The Balaban J connectivity index is 1.91. The summed E-state index contributed by atoms with van der Waals surface area (Å²) in [7, 11) is 1.71. The lowest BCUT2D eigenvalue weighted by molar-refractivity contribution is 0.0939. The fourth-order valence-corrected chi connectivity index (χ4v) is 2.26. The van der Waals surface area contributed by atoms with E-state index in [1.165, 1.54) is 12.8 Å². The zero-order valence-electron chi connectivity index (χ0n) is 11.7. The number of amides is 1. The van der Waals surface area contributed by atoms with Crippen molar-refractivity contribution in [2.24, 2.45) is 5.41 Å². The smallest absolute Gasteiger partial charge is 0.253 e. The molecule has 1 amide bonds. The molecule has 0 atom stereocenters. The highest BCUT2D eigenvalue weighted by atomic mass is 16.5. The van der Waals surface area contributed by atoms with Crippen LogP contribution in [0.2, 0.25) is 0 Å². The van der Waals surface area contributed by atoms with E-state index < -0.39 is 0 Å². The van der Waals surface area contributed by atoms with Gasteiger partial charge in [-0.1, -0.05) is 6.07 Å². The van der Waals surface area contributed by atoms with Crippen LogP contribution in [-0.4, -0.2) is 26.2 Å². The normalized spacial score (nSPS) is 16.1. The first-order valence-electron chi connectivity index (χ1n) is 6.70. The third-order valence-electron chi connectivity index (χ3n) is 3.87. The van der Waals surface area contributed by atoms with E-state index in [1.807, 2.05) is 19.1 Å². The molecule has 0 spiro atoms. The van der Waals surface area contributed by atoms with Gasteiger partial charge in [0.15, 0.2) is 0 Å². The molecule has 1 saturated carbocycles. The Hall–Kier alpha value is -1.55. The van der Waals surface area contributed by atoms with Gasteiger partial charge in [-0.15, -0.1) is 0 Å². The van der Waals surface area contributed by atoms with Crippen LogP contribution >= 0.6 is 0 Å². The van der Waals surface area contributed by atoms with Gasteiger partial charge in [0.05, 0.1) is 5.56 Å². The van der Waals surface area contributed by atoms with E-state index in [-0.39, 0.29) is 11.3 Å². The zero-order valence-corrected chi connectivity index (χ0v) is 11.7. The number of nitrogens with one attached hydrogen (secondary N) is 1. The molecule has 0 heterocycles. The van der Waals surface area contributed by atoms with E-state index in [2.05, 4.69) is 5.32 Å². The summed E-state index contributed by atoms with van der Waals surface area (Å²) >= 11 is 0. The number of ether oxygens (including phenoxy) is 1. The van der Waals surface area contributed by atoms with Crippen molar-refractivity contribution in [3.8, 4) is 0 Å². The minimum atomic E-state index is -0.0822. The van der Waals surface area contributed by atoms with E-state index in [9.17, 15) is 4.79 Å². The largest absolute Gasteiger partial charge is 0.398 e. The van der Waals surface area contributed by atoms with Crippen molar-refractivity contribution >= 4 is 11.6 Å². The van der Waals surface area contributed by atoms with Gasteiger partial charge in [0.2, 0.25) is 0 Å². The Kier molecular flexibility index (Phi) is 4.10. The zero-order chi connectivity index (χ0) is 13.9. The summed E-state index contributed by atoms with van der Waals surface area (Å²) < 4.78 is 5.11. The van der Waals surface area contributed by atoms with Crippen LogP contribution in [0.15, 0.2) is 18.2 Å². The Morgan fingerprint density at radius 3 is 2.79 bits per heavy atom. The van der Waals surface area contributed by atoms with Gasteiger partial charge < -0.3 is 15.8 Å². The third-order valence-corrected chi connectivity index (χ3v) is 3.87. The van der Waals surface area contributed by atoms with Crippen LogP contribution in [0.3, 0.4) is 0 Å². The summed E-state index contributed by atoms with van der Waals surface area (Å²) in [5.74, 6) is -0.0822. The van der Waals surface area contributed by atoms with E-state index in [4.69, 9.17) is 10.5 Å². The highest BCUT2D eigenvalue weighted by Gasteiger charge is 2.42. The lowest BCUT2D eigenvalue weighted by Gasteiger charge is -2.16. The van der Waals surface area contributed by atoms with Gasteiger partial charge >= 0.3 is 0 Å². The van der Waals surface area contributed by atoms with E-state index >= 15 is 0 Å². The molecule has 0 unspecified atom stereocenters. The molecule has 0 saturated heterocycles. The van der Waals surface area contributed by atoms with Crippen LogP contribution in [0.25, 0.3) is 0 Å². The number of hydrogen-bond donors (Lipinski definition) is 2. The maximum atomic E-state index is 12.1. The molecule has 1 fully saturated rings. The molecule has 1 aliphatic carbocycles. The van der Waals surface area contributed by atoms with Crippen molar-refractivity contribution in [2.45, 2.75) is 26.2 Å². The van der Waals surface area contributed by atoms with Gasteiger partial charge in [0.1, 0.15) is 0 Å². The van der Waals surface area contributed by atoms with Crippen molar-refractivity contribution < 1.29 is 9.53 Å². The molecule has 0 radical (unpaired) electrons. The molecule has 1 aliphatic rings. The van der Waals surface area contributed by atoms with Crippen LogP contribution in [0, 0.1) is 12.3 Å². The van der Waals surface area contributed by atoms with Crippen LogP contribution in [0.5, 0.6) is 0 Å². The molecular weight excluding hydrogens is 240 g/mol. The monoisotopic (exact) mass is 262 g/mol. The quantitative estimate of drug-likeness (QED) is 0.772. The molecule has 3 N–H and O–H groups in total. The topological polar surface area (TPSA) is 64.3 Å². The summed E-state index contributed by atoms with van der Waals surface area (Å²) in [5.41, 5.74) is 8.30. The molecule has 0 bridgehead atoms. The van der Waals surface area contributed by atoms with Crippen molar-refractivity contribution in [3.05, 3.63) is 29.3 Å². The number of aryl methyl sites for hydroxylation is 1. The minimum Gasteiger partial charge on any atom is -0.398 e. The van der Waals surface area contributed by atoms with Crippen LogP contribution in [0.4, 0.5) is 5.69 Å². The summed E-state index contributed by atoms with van der Waals surface area (Å²) in [5, 5.41) is 3.00. The van der Waals surface area contributed by atoms with E-state index in [0.717, 1.165) is 18.6 Å². The second kappa shape index (κ2) is 5.61. The fourth-order valence-electron chi connectivity index (χ4n) is 2.26. The van der Waals surface area contributed by atoms with Gasteiger partial charge in [-0.05, 0) is 49.3 Å². The molecule has 4 nitrogen and oxygen atoms in total. The Morgan fingerprint density at radius 1 is 1.47 bits per heavy atom. The van der Waals surface area contributed by atoms with Crippen molar-refractivity contribution in [1.29, 1.82) is 0 Å². The van der Waals surface area contributed by atoms with Crippen LogP contribution in [-0.2, 0) is 4.74 Å². The molecule has 0 aliphatic heterocycles. The number of hydrogen-bond acceptors (Lipinski definition) is 3. The summed E-state index contributed by atoms with van der Waals surface area (Å²) in [6, 6.07) is 5.52. The minimum absolute atomic E-state index is 0.0822.